The predicted molar refractivity (Wildman–Crippen MR) is 82.6 cm³/mol. The molecule has 106 valence electrons. The van der Waals surface area contributed by atoms with Crippen LogP contribution in [0.3, 0.4) is 0 Å². The number of nitrogens with zero attached hydrogens (tertiary/aromatic N) is 2. The molecule has 3 aromatic rings. The number of hydrogen-bond donors (Lipinski definition) is 0. The summed E-state index contributed by atoms with van der Waals surface area (Å²) in [5, 5.41) is 6.34. The summed E-state index contributed by atoms with van der Waals surface area (Å²) < 4.78 is 7.12. The van der Waals surface area contributed by atoms with Crippen molar-refractivity contribution in [2.24, 2.45) is 0 Å². The molecule has 2 aromatic heterocycles. The average molecular weight is 298 g/mol. The standard InChI is InChI=1S/C16H14N2O2S/c1-11-14(15(19)13-9-6-10-21-13)16(20-2)18(17-11)12-7-4-3-5-8-12/h3-10H,1-2H3. The van der Waals surface area contributed by atoms with E-state index in [0.717, 1.165) is 5.69 Å². The quantitative estimate of drug-likeness (QED) is 0.693. The van der Waals surface area contributed by atoms with Gasteiger partial charge in [0.2, 0.25) is 11.7 Å². The van der Waals surface area contributed by atoms with E-state index in [2.05, 4.69) is 5.10 Å². The Bertz CT molecular complexity index is 761. The molecule has 0 N–H and O–H groups in total. The number of ketones is 1. The van der Waals surface area contributed by atoms with Gasteiger partial charge in [-0.3, -0.25) is 4.79 Å². The number of rotatable bonds is 4. The average Bonchev–Trinajstić information content (AvgIpc) is 3.15. The third-order valence-corrected chi connectivity index (χ3v) is 4.05. The Morgan fingerprint density at radius 2 is 1.95 bits per heavy atom. The molecule has 0 saturated carbocycles. The van der Waals surface area contributed by atoms with Crippen LogP contribution in [0.15, 0.2) is 47.8 Å². The van der Waals surface area contributed by atoms with Crippen molar-refractivity contribution in [2.75, 3.05) is 7.11 Å². The van der Waals surface area contributed by atoms with E-state index in [0.29, 0.717) is 22.0 Å². The molecule has 0 aliphatic heterocycles. The first-order chi connectivity index (χ1) is 10.2. The molecular formula is C16H14N2O2S. The van der Waals surface area contributed by atoms with Gasteiger partial charge in [-0.2, -0.15) is 5.10 Å². The van der Waals surface area contributed by atoms with Crippen molar-refractivity contribution in [1.29, 1.82) is 0 Å². The molecule has 5 heteroatoms. The minimum Gasteiger partial charge on any atom is -0.480 e. The van der Waals surface area contributed by atoms with Crippen LogP contribution in [0, 0.1) is 6.92 Å². The first kappa shape index (κ1) is 13.6. The molecule has 0 radical (unpaired) electrons. The minimum atomic E-state index is -0.0541. The Morgan fingerprint density at radius 1 is 1.19 bits per heavy atom. The fourth-order valence-electron chi connectivity index (χ4n) is 2.23. The van der Waals surface area contributed by atoms with Crippen molar-refractivity contribution in [3.8, 4) is 11.6 Å². The van der Waals surface area contributed by atoms with E-state index in [1.807, 2.05) is 54.8 Å². The normalized spacial score (nSPS) is 10.6. The third kappa shape index (κ3) is 2.36. The molecular weight excluding hydrogens is 284 g/mol. The number of para-hydroxylation sites is 1. The second kappa shape index (κ2) is 5.54. The molecule has 0 atom stereocenters. The number of ether oxygens (including phenoxy) is 1. The lowest BCUT2D eigenvalue weighted by Crippen LogP contribution is -2.04. The summed E-state index contributed by atoms with van der Waals surface area (Å²) in [5.41, 5.74) is 2.04. The first-order valence-electron chi connectivity index (χ1n) is 6.49. The van der Waals surface area contributed by atoms with Crippen LogP contribution in [-0.2, 0) is 0 Å². The Hall–Kier alpha value is -2.40. The van der Waals surface area contributed by atoms with Gasteiger partial charge in [0.1, 0.15) is 5.56 Å². The van der Waals surface area contributed by atoms with Gasteiger partial charge in [0, 0.05) is 0 Å². The topological polar surface area (TPSA) is 44.1 Å². The Kier molecular flexibility index (Phi) is 3.58. The number of carbonyl (C=O) groups is 1. The van der Waals surface area contributed by atoms with Crippen LogP contribution in [0.2, 0.25) is 0 Å². The maximum atomic E-state index is 12.6. The molecule has 0 aliphatic rings. The van der Waals surface area contributed by atoms with Crippen LogP contribution in [0.25, 0.3) is 5.69 Å². The summed E-state index contributed by atoms with van der Waals surface area (Å²) in [6, 6.07) is 13.3. The smallest absolute Gasteiger partial charge is 0.228 e. The molecule has 2 heterocycles. The fraction of sp³-hybridized carbons (Fsp3) is 0.125. The Balaban J connectivity index is 2.14. The van der Waals surface area contributed by atoms with Crippen molar-refractivity contribution in [1.82, 2.24) is 9.78 Å². The maximum absolute atomic E-state index is 12.6. The zero-order chi connectivity index (χ0) is 14.8. The van der Waals surface area contributed by atoms with Crippen molar-refractivity contribution in [3.63, 3.8) is 0 Å². The van der Waals surface area contributed by atoms with E-state index in [1.165, 1.54) is 11.3 Å². The molecule has 0 aliphatic carbocycles. The van der Waals surface area contributed by atoms with Crippen molar-refractivity contribution in [3.05, 3.63) is 64.0 Å². The highest BCUT2D eigenvalue weighted by molar-refractivity contribution is 7.12. The highest BCUT2D eigenvalue weighted by Crippen LogP contribution is 2.29. The van der Waals surface area contributed by atoms with E-state index in [-0.39, 0.29) is 5.78 Å². The van der Waals surface area contributed by atoms with Crippen LogP contribution < -0.4 is 4.74 Å². The zero-order valence-corrected chi connectivity index (χ0v) is 12.6. The van der Waals surface area contributed by atoms with Gasteiger partial charge in [-0.15, -0.1) is 11.3 Å². The highest BCUT2D eigenvalue weighted by Gasteiger charge is 2.24. The second-order valence-electron chi connectivity index (χ2n) is 4.52. The SMILES string of the molecule is COc1c(C(=O)c2cccs2)c(C)nn1-c1ccccc1. The summed E-state index contributed by atoms with van der Waals surface area (Å²) in [5.74, 6) is 0.415. The minimum absolute atomic E-state index is 0.0541. The van der Waals surface area contributed by atoms with Gasteiger partial charge in [-0.25, -0.2) is 4.68 Å². The number of thiophene rings is 1. The fourth-order valence-corrected chi connectivity index (χ4v) is 2.90. The number of aryl methyl sites for hydroxylation is 1. The van der Waals surface area contributed by atoms with Crippen LogP contribution in [0.1, 0.15) is 20.9 Å². The van der Waals surface area contributed by atoms with Crippen LogP contribution in [0.4, 0.5) is 0 Å². The highest BCUT2D eigenvalue weighted by atomic mass is 32.1. The van der Waals surface area contributed by atoms with E-state index < -0.39 is 0 Å². The molecule has 3 rings (SSSR count). The molecule has 4 nitrogen and oxygen atoms in total. The van der Waals surface area contributed by atoms with Crippen molar-refractivity contribution < 1.29 is 9.53 Å². The number of carbonyl (C=O) groups excluding carboxylic acids is 1. The van der Waals surface area contributed by atoms with Gasteiger partial charge in [-0.05, 0) is 30.5 Å². The van der Waals surface area contributed by atoms with Gasteiger partial charge in [0.15, 0.2) is 0 Å². The zero-order valence-electron chi connectivity index (χ0n) is 11.7. The van der Waals surface area contributed by atoms with E-state index in [9.17, 15) is 4.79 Å². The lowest BCUT2D eigenvalue weighted by Gasteiger charge is -2.07. The van der Waals surface area contributed by atoms with E-state index >= 15 is 0 Å². The number of benzene rings is 1. The van der Waals surface area contributed by atoms with Gasteiger partial charge in [0.25, 0.3) is 0 Å². The molecule has 0 fully saturated rings. The summed E-state index contributed by atoms with van der Waals surface area (Å²) >= 11 is 1.42. The summed E-state index contributed by atoms with van der Waals surface area (Å²) in [7, 11) is 1.56. The van der Waals surface area contributed by atoms with E-state index in [4.69, 9.17) is 4.74 Å². The molecule has 21 heavy (non-hydrogen) atoms. The predicted octanol–water partition coefficient (Wildman–Crippen LogP) is 3.48. The van der Waals surface area contributed by atoms with E-state index in [1.54, 1.807) is 11.8 Å². The summed E-state index contributed by atoms with van der Waals surface area (Å²) in [6.07, 6.45) is 0. The maximum Gasteiger partial charge on any atom is 0.228 e. The summed E-state index contributed by atoms with van der Waals surface area (Å²) in [4.78, 5) is 13.3. The van der Waals surface area contributed by atoms with Gasteiger partial charge < -0.3 is 4.74 Å². The second-order valence-corrected chi connectivity index (χ2v) is 5.47. The lowest BCUT2D eigenvalue weighted by atomic mass is 10.1. The Labute approximate surface area is 126 Å². The number of aromatic nitrogens is 2. The van der Waals surface area contributed by atoms with Gasteiger partial charge in [-0.1, -0.05) is 24.3 Å². The van der Waals surface area contributed by atoms with Gasteiger partial charge >= 0.3 is 0 Å². The van der Waals surface area contributed by atoms with Gasteiger partial charge in [0.05, 0.1) is 23.4 Å². The van der Waals surface area contributed by atoms with Crippen molar-refractivity contribution in [2.45, 2.75) is 6.92 Å². The number of hydrogen-bond acceptors (Lipinski definition) is 4. The first-order valence-corrected chi connectivity index (χ1v) is 7.37. The molecule has 0 unspecified atom stereocenters. The lowest BCUT2D eigenvalue weighted by molar-refractivity contribution is 0.103. The van der Waals surface area contributed by atoms with Crippen LogP contribution >= 0.6 is 11.3 Å². The third-order valence-electron chi connectivity index (χ3n) is 3.18. The molecule has 0 saturated heterocycles. The monoisotopic (exact) mass is 298 g/mol. The largest absolute Gasteiger partial charge is 0.480 e. The van der Waals surface area contributed by atoms with Crippen LogP contribution in [-0.4, -0.2) is 22.7 Å². The Morgan fingerprint density at radius 3 is 2.57 bits per heavy atom. The number of methoxy groups -OCH3 is 1. The summed E-state index contributed by atoms with van der Waals surface area (Å²) in [6.45, 7) is 1.82. The molecule has 0 amide bonds. The molecule has 0 spiro atoms. The molecule has 0 bridgehead atoms. The van der Waals surface area contributed by atoms with Crippen molar-refractivity contribution >= 4 is 17.1 Å². The van der Waals surface area contributed by atoms with Crippen LogP contribution in [0.5, 0.6) is 5.88 Å². The molecule has 1 aromatic carbocycles.